The van der Waals surface area contributed by atoms with Crippen molar-refractivity contribution in [2.24, 2.45) is 10.8 Å². The van der Waals surface area contributed by atoms with Crippen LogP contribution >= 0.6 is 0 Å². The van der Waals surface area contributed by atoms with Gasteiger partial charge >= 0.3 is 6.18 Å². The molecule has 1 saturated carbocycles. The van der Waals surface area contributed by atoms with Crippen molar-refractivity contribution in [3.63, 3.8) is 0 Å². The number of alkyl halides is 3. The van der Waals surface area contributed by atoms with Gasteiger partial charge in [-0.3, -0.25) is 0 Å². The Morgan fingerprint density at radius 3 is 1.75 bits per heavy atom. The highest BCUT2D eigenvalue weighted by Gasteiger charge is 2.70. The summed E-state index contributed by atoms with van der Waals surface area (Å²) >= 11 is 0. The molecule has 1 aliphatic carbocycles. The third kappa shape index (κ3) is 3.92. The molecule has 0 bridgehead atoms. The van der Waals surface area contributed by atoms with Gasteiger partial charge in [-0.1, -0.05) is 65.7 Å². The van der Waals surface area contributed by atoms with Gasteiger partial charge in [0.1, 0.15) is 0 Å². The highest BCUT2D eigenvalue weighted by Crippen LogP contribution is 2.70. The number of rotatable bonds is 10. The molecule has 3 heteroatoms. The van der Waals surface area contributed by atoms with Crippen molar-refractivity contribution in [1.29, 1.82) is 0 Å². The summed E-state index contributed by atoms with van der Waals surface area (Å²) in [6.07, 6.45) is 5.67. The molecule has 0 heterocycles. The van der Waals surface area contributed by atoms with Gasteiger partial charge in [0.05, 0.1) is 5.41 Å². The van der Waals surface area contributed by atoms with Crippen LogP contribution in [0.5, 0.6) is 0 Å². The topological polar surface area (TPSA) is 0 Å². The number of unbranched alkanes of at least 4 members (excludes halogenated alkanes) is 5. The van der Waals surface area contributed by atoms with E-state index in [4.69, 9.17) is 0 Å². The van der Waals surface area contributed by atoms with E-state index < -0.39 is 17.0 Å². The van der Waals surface area contributed by atoms with Gasteiger partial charge in [0.2, 0.25) is 0 Å². The van der Waals surface area contributed by atoms with E-state index in [1.54, 1.807) is 0 Å². The summed E-state index contributed by atoms with van der Waals surface area (Å²) in [6, 6.07) is 0. The second kappa shape index (κ2) is 7.17. The van der Waals surface area contributed by atoms with Gasteiger partial charge in [-0.15, -0.1) is 0 Å². The molecule has 1 aliphatic rings. The summed E-state index contributed by atoms with van der Waals surface area (Å²) in [5.41, 5.74) is -1.90. The molecule has 120 valence electrons. The van der Waals surface area contributed by atoms with Crippen molar-refractivity contribution in [3.8, 4) is 0 Å². The minimum Gasteiger partial charge on any atom is -0.170 e. The van der Waals surface area contributed by atoms with Crippen LogP contribution in [-0.4, -0.2) is 6.18 Å². The van der Waals surface area contributed by atoms with E-state index in [0.29, 0.717) is 12.8 Å². The van der Waals surface area contributed by atoms with E-state index in [-0.39, 0.29) is 0 Å². The second-order valence-electron chi connectivity index (χ2n) is 6.91. The van der Waals surface area contributed by atoms with Crippen LogP contribution in [0.2, 0.25) is 0 Å². The third-order valence-electron chi connectivity index (χ3n) is 5.36. The molecule has 0 N–H and O–H groups in total. The first kappa shape index (κ1) is 17.8. The highest BCUT2D eigenvalue weighted by molar-refractivity contribution is 5.09. The van der Waals surface area contributed by atoms with Crippen LogP contribution in [0.4, 0.5) is 13.2 Å². The maximum atomic E-state index is 13.4. The minimum atomic E-state index is -4.01. The number of hydrogen-bond donors (Lipinski definition) is 0. The van der Waals surface area contributed by atoms with Gasteiger partial charge in [0.25, 0.3) is 0 Å². The van der Waals surface area contributed by atoms with Crippen LogP contribution in [0.25, 0.3) is 0 Å². The lowest BCUT2D eigenvalue weighted by molar-refractivity contribution is -0.223. The van der Waals surface area contributed by atoms with Crippen molar-refractivity contribution in [2.45, 2.75) is 97.6 Å². The normalized spacial score (nSPS) is 20.7. The summed E-state index contributed by atoms with van der Waals surface area (Å²) in [4.78, 5) is 0. The highest BCUT2D eigenvalue weighted by atomic mass is 19.4. The fraction of sp³-hybridized carbons (Fsp3) is 1.00. The maximum Gasteiger partial charge on any atom is 0.395 e. The second-order valence-corrected chi connectivity index (χ2v) is 6.91. The Balaban J connectivity index is 2.62. The first-order chi connectivity index (χ1) is 9.33. The lowest BCUT2D eigenvalue weighted by atomic mass is 9.67. The first-order valence-corrected chi connectivity index (χ1v) is 8.40. The molecule has 1 unspecified atom stereocenters. The maximum absolute atomic E-state index is 13.4. The van der Waals surface area contributed by atoms with Crippen LogP contribution in [0.15, 0.2) is 0 Å². The van der Waals surface area contributed by atoms with Crippen LogP contribution < -0.4 is 0 Å². The quantitative estimate of drug-likeness (QED) is 0.385. The Morgan fingerprint density at radius 2 is 1.30 bits per heavy atom. The standard InChI is InChI=1S/C17H31F3/c1-4-6-8-9-10-12-15(3,11-7-5-2)16(13-14-16)17(18,19)20/h4-14H2,1-3H3. The summed E-state index contributed by atoms with van der Waals surface area (Å²) in [7, 11) is 0. The summed E-state index contributed by atoms with van der Waals surface area (Å²) < 4.78 is 40.3. The zero-order valence-corrected chi connectivity index (χ0v) is 13.4. The van der Waals surface area contributed by atoms with Crippen molar-refractivity contribution in [2.75, 3.05) is 0 Å². The lowest BCUT2D eigenvalue weighted by Crippen LogP contribution is -2.40. The predicted molar refractivity (Wildman–Crippen MR) is 78.7 cm³/mol. The Kier molecular flexibility index (Phi) is 6.40. The van der Waals surface area contributed by atoms with E-state index in [1.807, 2.05) is 6.92 Å². The molecule has 0 nitrogen and oxygen atoms in total. The fourth-order valence-corrected chi connectivity index (χ4v) is 3.64. The van der Waals surface area contributed by atoms with E-state index in [1.165, 1.54) is 19.3 Å². The lowest BCUT2D eigenvalue weighted by Gasteiger charge is -2.40. The first-order valence-electron chi connectivity index (χ1n) is 8.40. The Hall–Kier alpha value is -0.210. The Labute approximate surface area is 122 Å². The molecule has 0 aromatic heterocycles. The summed E-state index contributed by atoms with van der Waals surface area (Å²) in [6.45, 7) is 6.13. The smallest absolute Gasteiger partial charge is 0.170 e. The Bertz CT molecular complexity index is 278. The van der Waals surface area contributed by atoms with Gasteiger partial charge in [-0.2, -0.15) is 13.2 Å². The van der Waals surface area contributed by atoms with Crippen molar-refractivity contribution in [1.82, 2.24) is 0 Å². The molecule has 0 amide bonds. The fourth-order valence-electron chi connectivity index (χ4n) is 3.64. The molecule has 20 heavy (non-hydrogen) atoms. The largest absolute Gasteiger partial charge is 0.395 e. The molecule has 1 rings (SSSR count). The van der Waals surface area contributed by atoms with E-state index in [0.717, 1.165) is 38.5 Å². The Morgan fingerprint density at radius 1 is 0.800 bits per heavy atom. The molecule has 1 atom stereocenters. The van der Waals surface area contributed by atoms with Crippen LogP contribution in [0, 0.1) is 10.8 Å². The molecule has 1 fully saturated rings. The molecular weight excluding hydrogens is 261 g/mol. The molecule has 0 aromatic rings. The monoisotopic (exact) mass is 292 g/mol. The van der Waals surface area contributed by atoms with Gasteiger partial charge in [0, 0.05) is 0 Å². The van der Waals surface area contributed by atoms with Crippen molar-refractivity contribution < 1.29 is 13.2 Å². The minimum absolute atomic E-state index is 0.353. The molecule has 0 aliphatic heterocycles. The summed E-state index contributed by atoms with van der Waals surface area (Å²) in [5.74, 6) is 0. The van der Waals surface area contributed by atoms with Crippen LogP contribution in [-0.2, 0) is 0 Å². The molecule has 0 radical (unpaired) electrons. The van der Waals surface area contributed by atoms with Gasteiger partial charge in [-0.25, -0.2) is 0 Å². The number of hydrogen-bond acceptors (Lipinski definition) is 0. The van der Waals surface area contributed by atoms with E-state index in [2.05, 4.69) is 13.8 Å². The van der Waals surface area contributed by atoms with Crippen molar-refractivity contribution in [3.05, 3.63) is 0 Å². The van der Waals surface area contributed by atoms with Gasteiger partial charge in [0.15, 0.2) is 0 Å². The third-order valence-corrected chi connectivity index (χ3v) is 5.36. The number of halogens is 3. The zero-order valence-electron chi connectivity index (χ0n) is 13.4. The molecule has 0 spiro atoms. The van der Waals surface area contributed by atoms with E-state index >= 15 is 0 Å². The van der Waals surface area contributed by atoms with E-state index in [9.17, 15) is 13.2 Å². The molecule has 0 saturated heterocycles. The average Bonchev–Trinajstić information content (AvgIpc) is 3.17. The van der Waals surface area contributed by atoms with Crippen molar-refractivity contribution >= 4 is 0 Å². The van der Waals surface area contributed by atoms with Crippen LogP contribution in [0.1, 0.15) is 91.4 Å². The SMILES string of the molecule is CCCCCCCC(C)(CCCC)C1(C(F)(F)F)CC1. The van der Waals surface area contributed by atoms with Gasteiger partial charge < -0.3 is 0 Å². The molecular formula is C17H31F3. The molecule has 0 aromatic carbocycles. The van der Waals surface area contributed by atoms with Gasteiger partial charge in [-0.05, 0) is 31.1 Å². The predicted octanol–water partition coefficient (Wildman–Crippen LogP) is 6.89. The average molecular weight is 292 g/mol. The summed E-state index contributed by atoms with van der Waals surface area (Å²) in [5, 5.41) is 0. The zero-order chi connectivity index (χ0) is 15.3. The van der Waals surface area contributed by atoms with Crippen LogP contribution in [0.3, 0.4) is 0 Å².